The second-order valence-corrected chi connectivity index (χ2v) is 6.99. The first kappa shape index (κ1) is 16.4. The van der Waals surface area contributed by atoms with Crippen LogP contribution in [0.25, 0.3) is 0 Å². The summed E-state index contributed by atoms with van der Waals surface area (Å²) >= 11 is 1.66. The maximum absolute atomic E-state index is 5.77. The number of aryl methyl sites for hydroxylation is 1. The van der Waals surface area contributed by atoms with Gasteiger partial charge in [-0.25, -0.2) is 4.98 Å². The van der Waals surface area contributed by atoms with Gasteiger partial charge in [0.05, 0.1) is 12.3 Å². The van der Waals surface area contributed by atoms with Crippen molar-refractivity contribution in [3.05, 3.63) is 45.9 Å². The zero-order valence-corrected chi connectivity index (χ0v) is 14.4. The minimum Gasteiger partial charge on any atom is -0.486 e. The zero-order valence-electron chi connectivity index (χ0n) is 13.6. The molecule has 23 heavy (non-hydrogen) atoms. The highest BCUT2D eigenvalue weighted by molar-refractivity contribution is 7.09. The van der Waals surface area contributed by atoms with Crippen LogP contribution < -0.4 is 10.1 Å². The molecule has 0 radical (unpaired) electrons. The molecule has 1 unspecified atom stereocenters. The third-order valence-electron chi connectivity index (χ3n) is 3.98. The van der Waals surface area contributed by atoms with Crippen molar-refractivity contribution >= 4 is 11.3 Å². The molecule has 1 fully saturated rings. The van der Waals surface area contributed by atoms with E-state index < -0.39 is 0 Å². The third-order valence-corrected chi connectivity index (χ3v) is 4.85. The lowest BCUT2D eigenvalue weighted by atomic mass is 10.0. The van der Waals surface area contributed by atoms with Crippen molar-refractivity contribution in [3.8, 4) is 5.75 Å². The zero-order chi connectivity index (χ0) is 15.9. The molecule has 0 saturated carbocycles. The molecule has 0 aliphatic carbocycles. The molecule has 1 aliphatic rings. The van der Waals surface area contributed by atoms with E-state index in [1.165, 1.54) is 18.4 Å². The minimum atomic E-state index is 0.532. The Balaban J connectivity index is 1.39. The Morgan fingerprint density at radius 2 is 2.22 bits per heavy atom. The van der Waals surface area contributed by atoms with Crippen molar-refractivity contribution in [2.45, 2.75) is 32.9 Å². The first-order valence-electron chi connectivity index (χ1n) is 8.21. The van der Waals surface area contributed by atoms with Gasteiger partial charge in [-0.15, -0.1) is 11.3 Å². The molecule has 1 aromatic carbocycles. The molecule has 5 heteroatoms. The van der Waals surface area contributed by atoms with E-state index in [2.05, 4.69) is 34.7 Å². The number of rotatable bonds is 7. The molecule has 1 aromatic heterocycles. The Morgan fingerprint density at radius 1 is 1.35 bits per heavy atom. The predicted molar refractivity (Wildman–Crippen MR) is 92.9 cm³/mol. The fourth-order valence-electron chi connectivity index (χ4n) is 2.65. The molecular formula is C18H24N2O2S. The standard InChI is InChI=1S/C18H24N2O2S/c1-14-4-6-17(7-5-14)22-12-18-20-16(13-23-18)10-19-9-15-3-2-8-21-11-15/h4-7,13,15,19H,2-3,8-12H2,1H3. The number of nitrogens with one attached hydrogen (secondary N) is 1. The maximum atomic E-state index is 5.77. The van der Waals surface area contributed by atoms with Crippen LogP contribution in [0.15, 0.2) is 29.6 Å². The number of nitrogens with zero attached hydrogens (tertiary/aromatic N) is 1. The number of hydrogen-bond acceptors (Lipinski definition) is 5. The van der Waals surface area contributed by atoms with Gasteiger partial charge in [-0.05, 0) is 37.8 Å². The molecule has 1 aliphatic heterocycles. The summed E-state index contributed by atoms with van der Waals surface area (Å²) in [6, 6.07) is 8.11. The van der Waals surface area contributed by atoms with E-state index in [0.29, 0.717) is 12.5 Å². The summed E-state index contributed by atoms with van der Waals surface area (Å²) in [7, 11) is 0. The van der Waals surface area contributed by atoms with E-state index in [1.807, 2.05) is 12.1 Å². The van der Waals surface area contributed by atoms with Gasteiger partial charge in [0.15, 0.2) is 0 Å². The molecule has 4 nitrogen and oxygen atoms in total. The predicted octanol–water partition coefficient (Wildman–Crippen LogP) is 3.55. The Kier molecular flexibility index (Phi) is 6.02. The normalized spacial score (nSPS) is 18.0. The summed E-state index contributed by atoms with van der Waals surface area (Å²) in [5, 5.41) is 6.61. The Labute approximate surface area is 141 Å². The van der Waals surface area contributed by atoms with Gasteiger partial charge in [-0.2, -0.15) is 0 Å². The average molecular weight is 332 g/mol. The van der Waals surface area contributed by atoms with Gasteiger partial charge in [0.25, 0.3) is 0 Å². The molecule has 124 valence electrons. The summed E-state index contributed by atoms with van der Waals surface area (Å²) in [6.45, 7) is 6.24. The van der Waals surface area contributed by atoms with Gasteiger partial charge < -0.3 is 14.8 Å². The number of ether oxygens (including phenoxy) is 2. The van der Waals surface area contributed by atoms with Gasteiger partial charge in [0.2, 0.25) is 0 Å². The van der Waals surface area contributed by atoms with Gasteiger partial charge in [-0.1, -0.05) is 17.7 Å². The van der Waals surface area contributed by atoms with Crippen LogP contribution in [0.5, 0.6) is 5.75 Å². The highest BCUT2D eigenvalue weighted by Gasteiger charge is 2.13. The molecule has 1 saturated heterocycles. The molecular weight excluding hydrogens is 308 g/mol. The summed E-state index contributed by atoms with van der Waals surface area (Å²) in [4.78, 5) is 4.63. The van der Waals surface area contributed by atoms with E-state index >= 15 is 0 Å². The third kappa shape index (κ3) is 5.30. The van der Waals surface area contributed by atoms with Crippen molar-refractivity contribution in [1.82, 2.24) is 10.3 Å². The van der Waals surface area contributed by atoms with Crippen molar-refractivity contribution in [2.24, 2.45) is 5.92 Å². The van der Waals surface area contributed by atoms with Crippen LogP contribution in [0, 0.1) is 12.8 Å². The average Bonchev–Trinajstić information content (AvgIpc) is 3.03. The van der Waals surface area contributed by atoms with Crippen LogP contribution in [0.1, 0.15) is 29.1 Å². The molecule has 1 atom stereocenters. The highest BCUT2D eigenvalue weighted by Crippen LogP contribution is 2.16. The van der Waals surface area contributed by atoms with Gasteiger partial charge >= 0.3 is 0 Å². The molecule has 2 heterocycles. The topological polar surface area (TPSA) is 43.4 Å². The summed E-state index contributed by atoms with van der Waals surface area (Å²) < 4.78 is 11.3. The Bertz CT molecular complexity index is 591. The lowest BCUT2D eigenvalue weighted by Crippen LogP contribution is -2.28. The number of benzene rings is 1. The fourth-order valence-corrected chi connectivity index (χ4v) is 3.35. The van der Waals surface area contributed by atoms with Gasteiger partial charge in [0, 0.05) is 25.1 Å². The first-order chi connectivity index (χ1) is 11.3. The number of thiazole rings is 1. The summed E-state index contributed by atoms with van der Waals surface area (Å²) in [5.74, 6) is 1.54. The largest absolute Gasteiger partial charge is 0.486 e. The molecule has 3 rings (SSSR count). The molecule has 2 aromatic rings. The van der Waals surface area contributed by atoms with Gasteiger partial charge in [0.1, 0.15) is 17.4 Å². The van der Waals surface area contributed by atoms with Crippen molar-refractivity contribution in [2.75, 3.05) is 19.8 Å². The van der Waals surface area contributed by atoms with Crippen LogP contribution in [0.2, 0.25) is 0 Å². The second-order valence-electron chi connectivity index (χ2n) is 6.05. The lowest BCUT2D eigenvalue weighted by molar-refractivity contribution is 0.0547. The van der Waals surface area contributed by atoms with Crippen molar-refractivity contribution in [1.29, 1.82) is 0 Å². The highest BCUT2D eigenvalue weighted by atomic mass is 32.1. The Hall–Kier alpha value is -1.43. The van der Waals surface area contributed by atoms with E-state index in [4.69, 9.17) is 9.47 Å². The number of aromatic nitrogens is 1. The smallest absolute Gasteiger partial charge is 0.140 e. The molecule has 0 spiro atoms. The van der Waals surface area contributed by atoms with E-state index in [9.17, 15) is 0 Å². The van der Waals surface area contributed by atoms with E-state index in [-0.39, 0.29) is 0 Å². The number of hydrogen-bond donors (Lipinski definition) is 1. The second kappa shape index (κ2) is 8.43. The van der Waals surface area contributed by atoms with E-state index in [0.717, 1.165) is 42.8 Å². The van der Waals surface area contributed by atoms with Crippen LogP contribution in [-0.2, 0) is 17.9 Å². The molecule has 0 amide bonds. The maximum Gasteiger partial charge on any atom is 0.140 e. The lowest BCUT2D eigenvalue weighted by Gasteiger charge is -2.22. The monoisotopic (exact) mass is 332 g/mol. The van der Waals surface area contributed by atoms with Crippen molar-refractivity contribution < 1.29 is 9.47 Å². The summed E-state index contributed by atoms with van der Waals surface area (Å²) in [6.07, 6.45) is 2.45. The SMILES string of the molecule is Cc1ccc(OCc2nc(CNCC3CCCOC3)cs2)cc1. The molecule has 1 N–H and O–H groups in total. The quantitative estimate of drug-likeness (QED) is 0.842. The summed E-state index contributed by atoms with van der Waals surface area (Å²) in [5.41, 5.74) is 2.33. The van der Waals surface area contributed by atoms with Crippen LogP contribution >= 0.6 is 11.3 Å². The molecule has 0 bridgehead atoms. The van der Waals surface area contributed by atoms with Crippen molar-refractivity contribution in [3.63, 3.8) is 0 Å². The first-order valence-corrected chi connectivity index (χ1v) is 9.09. The fraction of sp³-hybridized carbons (Fsp3) is 0.500. The Morgan fingerprint density at radius 3 is 3.00 bits per heavy atom. The minimum absolute atomic E-state index is 0.532. The van der Waals surface area contributed by atoms with E-state index in [1.54, 1.807) is 11.3 Å². The van der Waals surface area contributed by atoms with Crippen LogP contribution in [-0.4, -0.2) is 24.7 Å². The van der Waals surface area contributed by atoms with Crippen LogP contribution in [0.3, 0.4) is 0 Å². The van der Waals surface area contributed by atoms with Crippen LogP contribution in [0.4, 0.5) is 0 Å². The van der Waals surface area contributed by atoms with Gasteiger partial charge in [-0.3, -0.25) is 0 Å².